The van der Waals surface area contributed by atoms with Gasteiger partial charge in [-0.25, -0.2) is 13.1 Å². The van der Waals surface area contributed by atoms with Gasteiger partial charge in [0.25, 0.3) is 0 Å². The maximum Gasteiger partial charge on any atom is 0.241 e. The maximum absolute atomic E-state index is 12.8. The third kappa shape index (κ3) is 4.63. The summed E-state index contributed by atoms with van der Waals surface area (Å²) in [7, 11) is -1.79. The van der Waals surface area contributed by atoms with Crippen molar-refractivity contribution >= 4 is 16.0 Å². The molecule has 6 nitrogen and oxygen atoms in total. The minimum atomic E-state index is -3.58. The molecule has 0 atom stereocenters. The molecule has 3 rings (SSSR count). The summed E-state index contributed by atoms with van der Waals surface area (Å²) in [6.45, 7) is 8.03. The van der Waals surface area contributed by atoms with Crippen LogP contribution in [0.3, 0.4) is 0 Å². The summed E-state index contributed by atoms with van der Waals surface area (Å²) in [4.78, 5) is 7.06. The highest BCUT2D eigenvalue weighted by molar-refractivity contribution is 7.89. The van der Waals surface area contributed by atoms with E-state index in [4.69, 9.17) is 0 Å². The van der Waals surface area contributed by atoms with Gasteiger partial charge in [0.2, 0.25) is 10.0 Å². The molecule has 1 aliphatic heterocycles. The average Bonchev–Trinajstić information content (AvgIpc) is 2.99. The zero-order chi connectivity index (χ0) is 19.7. The molecule has 1 aromatic carbocycles. The predicted molar refractivity (Wildman–Crippen MR) is 109 cm³/mol. The number of rotatable bonds is 4. The Bertz CT molecular complexity index is 808. The van der Waals surface area contributed by atoms with Gasteiger partial charge in [-0.1, -0.05) is 24.6 Å². The van der Waals surface area contributed by atoms with Crippen LogP contribution in [-0.2, 0) is 16.6 Å². The molecule has 1 aromatic rings. The minimum absolute atomic E-state index is 0.319. The standard InChI is InChI=1S/C20H32N4O2S/c1-19(2,3)23-27(25,26)17-9-6-5-8-16(17)14-22-18(21-4)24-13-12-20(15-24)10-7-11-20/h5-6,8-9,23H,7,10-15H2,1-4H3,(H,21,22). The summed E-state index contributed by atoms with van der Waals surface area (Å²) in [5.41, 5.74) is 0.713. The van der Waals surface area contributed by atoms with Crippen LogP contribution in [-0.4, -0.2) is 45.0 Å². The van der Waals surface area contributed by atoms with Gasteiger partial charge in [-0.05, 0) is 57.1 Å². The van der Waals surface area contributed by atoms with Crippen molar-refractivity contribution in [2.45, 2.75) is 63.4 Å². The summed E-state index contributed by atoms with van der Waals surface area (Å²) in [5.74, 6) is 0.856. The molecule has 2 N–H and O–H groups in total. The van der Waals surface area contributed by atoms with E-state index in [-0.39, 0.29) is 0 Å². The van der Waals surface area contributed by atoms with E-state index < -0.39 is 15.6 Å². The van der Waals surface area contributed by atoms with Crippen molar-refractivity contribution in [1.82, 2.24) is 14.9 Å². The fraction of sp³-hybridized carbons (Fsp3) is 0.650. The molecule has 1 saturated heterocycles. The molecule has 0 bridgehead atoms. The number of sulfonamides is 1. The molecule has 150 valence electrons. The van der Waals surface area contributed by atoms with E-state index in [1.165, 1.54) is 25.7 Å². The number of benzene rings is 1. The summed E-state index contributed by atoms with van der Waals surface area (Å²) >= 11 is 0. The van der Waals surface area contributed by atoms with Crippen LogP contribution in [0.1, 0.15) is 52.0 Å². The number of guanidine groups is 1. The second kappa shape index (κ2) is 7.43. The molecular formula is C20H32N4O2S. The van der Waals surface area contributed by atoms with Gasteiger partial charge in [0.05, 0.1) is 4.90 Å². The molecule has 7 heteroatoms. The molecule has 0 amide bonds. The first-order valence-electron chi connectivity index (χ1n) is 9.72. The normalized spacial score (nSPS) is 20.0. The average molecular weight is 393 g/mol. The summed E-state index contributed by atoms with van der Waals surface area (Å²) < 4.78 is 28.3. The zero-order valence-electron chi connectivity index (χ0n) is 16.9. The van der Waals surface area contributed by atoms with Crippen LogP contribution in [0.4, 0.5) is 0 Å². The van der Waals surface area contributed by atoms with Crippen molar-refractivity contribution in [3.8, 4) is 0 Å². The molecule has 1 heterocycles. The van der Waals surface area contributed by atoms with Gasteiger partial charge in [0, 0.05) is 32.2 Å². The molecule has 0 radical (unpaired) electrons. The molecular weight excluding hydrogens is 360 g/mol. The number of hydrogen-bond donors (Lipinski definition) is 2. The Morgan fingerprint density at radius 1 is 1.22 bits per heavy atom. The van der Waals surface area contributed by atoms with Crippen LogP contribution in [0.2, 0.25) is 0 Å². The van der Waals surface area contributed by atoms with E-state index in [0.717, 1.165) is 24.6 Å². The summed E-state index contributed by atoms with van der Waals surface area (Å²) in [5, 5.41) is 3.37. The van der Waals surface area contributed by atoms with Gasteiger partial charge in [-0.3, -0.25) is 4.99 Å². The van der Waals surface area contributed by atoms with Crippen LogP contribution in [0.5, 0.6) is 0 Å². The molecule has 0 unspecified atom stereocenters. The van der Waals surface area contributed by atoms with Gasteiger partial charge in [0.1, 0.15) is 0 Å². The Morgan fingerprint density at radius 3 is 2.48 bits per heavy atom. The third-order valence-corrected chi connectivity index (χ3v) is 7.36. The Labute approximate surface area is 163 Å². The van der Waals surface area contributed by atoms with Crippen molar-refractivity contribution in [3.05, 3.63) is 29.8 Å². The molecule has 2 aliphatic rings. The van der Waals surface area contributed by atoms with Gasteiger partial charge in [0.15, 0.2) is 5.96 Å². The van der Waals surface area contributed by atoms with Crippen molar-refractivity contribution in [3.63, 3.8) is 0 Å². The van der Waals surface area contributed by atoms with Gasteiger partial charge in [-0.2, -0.15) is 0 Å². The first-order valence-corrected chi connectivity index (χ1v) is 11.2. The van der Waals surface area contributed by atoms with Gasteiger partial charge in [-0.15, -0.1) is 0 Å². The molecule has 1 saturated carbocycles. The lowest BCUT2D eigenvalue weighted by Crippen LogP contribution is -2.43. The highest BCUT2D eigenvalue weighted by Gasteiger charge is 2.43. The SMILES string of the molecule is CN=C(NCc1ccccc1S(=O)(=O)NC(C)(C)C)N1CCC2(CCC2)C1. The largest absolute Gasteiger partial charge is 0.352 e. The van der Waals surface area contributed by atoms with E-state index in [2.05, 4.69) is 19.9 Å². The van der Waals surface area contributed by atoms with Crippen molar-refractivity contribution in [1.29, 1.82) is 0 Å². The van der Waals surface area contributed by atoms with Crippen LogP contribution < -0.4 is 10.0 Å². The Morgan fingerprint density at radius 2 is 1.93 bits per heavy atom. The molecule has 2 fully saturated rings. The number of nitrogens with one attached hydrogen (secondary N) is 2. The second-order valence-electron chi connectivity index (χ2n) is 8.89. The number of hydrogen-bond acceptors (Lipinski definition) is 3. The van der Waals surface area contributed by atoms with Crippen LogP contribution in [0.15, 0.2) is 34.2 Å². The highest BCUT2D eigenvalue weighted by atomic mass is 32.2. The van der Waals surface area contributed by atoms with Gasteiger partial charge >= 0.3 is 0 Å². The van der Waals surface area contributed by atoms with E-state index >= 15 is 0 Å². The fourth-order valence-corrected chi connectivity index (χ4v) is 5.74. The maximum atomic E-state index is 12.8. The first-order chi connectivity index (χ1) is 12.6. The van der Waals surface area contributed by atoms with E-state index in [1.54, 1.807) is 19.2 Å². The Kier molecular flexibility index (Phi) is 5.54. The van der Waals surface area contributed by atoms with Crippen LogP contribution in [0, 0.1) is 5.41 Å². The topological polar surface area (TPSA) is 73.8 Å². The van der Waals surface area contributed by atoms with Crippen LogP contribution in [0.25, 0.3) is 0 Å². The molecule has 0 aromatic heterocycles. The summed E-state index contributed by atoms with van der Waals surface area (Å²) in [6, 6.07) is 7.15. The quantitative estimate of drug-likeness (QED) is 0.610. The van der Waals surface area contributed by atoms with Crippen molar-refractivity contribution in [2.24, 2.45) is 10.4 Å². The number of nitrogens with zero attached hydrogens (tertiary/aromatic N) is 2. The lowest BCUT2D eigenvalue weighted by Gasteiger charge is -2.38. The first kappa shape index (κ1) is 20.1. The third-order valence-electron chi connectivity index (χ3n) is 5.50. The smallest absolute Gasteiger partial charge is 0.241 e. The lowest BCUT2D eigenvalue weighted by molar-refractivity contribution is 0.151. The van der Waals surface area contributed by atoms with Gasteiger partial charge < -0.3 is 10.2 Å². The van der Waals surface area contributed by atoms with Crippen molar-refractivity contribution < 1.29 is 8.42 Å². The molecule has 1 aliphatic carbocycles. The summed E-state index contributed by atoms with van der Waals surface area (Å²) in [6.07, 6.45) is 5.21. The number of aliphatic imine (C=N–C) groups is 1. The lowest BCUT2D eigenvalue weighted by atomic mass is 9.68. The molecule has 27 heavy (non-hydrogen) atoms. The zero-order valence-corrected chi connectivity index (χ0v) is 17.7. The van der Waals surface area contributed by atoms with E-state index in [0.29, 0.717) is 16.9 Å². The monoisotopic (exact) mass is 392 g/mol. The highest BCUT2D eigenvalue weighted by Crippen LogP contribution is 2.47. The van der Waals surface area contributed by atoms with E-state index in [9.17, 15) is 8.42 Å². The second-order valence-corrected chi connectivity index (χ2v) is 10.5. The predicted octanol–water partition coefficient (Wildman–Crippen LogP) is 2.71. The Hall–Kier alpha value is -1.60. The number of likely N-dealkylation sites (tertiary alicyclic amines) is 1. The molecule has 1 spiro atoms. The van der Waals surface area contributed by atoms with Crippen molar-refractivity contribution in [2.75, 3.05) is 20.1 Å². The minimum Gasteiger partial charge on any atom is -0.352 e. The van der Waals surface area contributed by atoms with Crippen LogP contribution >= 0.6 is 0 Å². The van der Waals surface area contributed by atoms with E-state index in [1.807, 2.05) is 32.9 Å². The fourth-order valence-electron chi connectivity index (χ4n) is 4.08. The Balaban J connectivity index is 1.71.